The van der Waals surface area contributed by atoms with Crippen LogP contribution in [0.4, 0.5) is 23.4 Å². The third-order valence-corrected chi connectivity index (χ3v) is 4.96. The molecule has 5 nitrogen and oxygen atoms in total. The minimum atomic E-state index is -1.48. The Bertz CT molecular complexity index is 1220. The molecule has 1 amide bonds. The maximum Gasteiger partial charge on any atom is 0.225 e. The van der Waals surface area contributed by atoms with Crippen LogP contribution in [0.15, 0.2) is 48.8 Å². The van der Waals surface area contributed by atoms with Gasteiger partial charge in [-0.2, -0.15) is 5.10 Å². The molecular weight excluding hydrogens is 412 g/mol. The number of fused-ring (bicyclic) bond motifs is 1. The fraction of sp³-hybridized carbons (Fsp3) is 0.182. The Morgan fingerprint density at radius 1 is 1.06 bits per heavy atom. The van der Waals surface area contributed by atoms with E-state index in [0.717, 1.165) is 27.6 Å². The topological polar surface area (TPSA) is 62.7 Å². The molecule has 0 saturated heterocycles. The highest BCUT2D eigenvalue weighted by molar-refractivity contribution is 5.89. The number of aromatic nitrogens is 3. The number of aromatic amines is 1. The molecule has 0 saturated carbocycles. The third kappa shape index (κ3) is 4.45. The van der Waals surface area contributed by atoms with Gasteiger partial charge in [-0.1, -0.05) is 18.2 Å². The number of amides is 1. The summed E-state index contributed by atoms with van der Waals surface area (Å²) in [4.78, 5) is 15.4. The second-order valence-corrected chi connectivity index (χ2v) is 7.11. The molecule has 0 unspecified atom stereocenters. The summed E-state index contributed by atoms with van der Waals surface area (Å²) in [6.45, 7) is -0.525. The van der Waals surface area contributed by atoms with Crippen LogP contribution in [0.25, 0.3) is 10.9 Å². The van der Waals surface area contributed by atoms with Gasteiger partial charge < -0.3 is 10.3 Å². The van der Waals surface area contributed by atoms with Crippen molar-refractivity contribution >= 4 is 22.6 Å². The Labute approximate surface area is 174 Å². The lowest BCUT2D eigenvalue weighted by molar-refractivity contribution is -0.116. The Morgan fingerprint density at radius 3 is 2.58 bits per heavy atom. The van der Waals surface area contributed by atoms with Crippen molar-refractivity contribution in [1.29, 1.82) is 0 Å². The summed E-state index contributed by atoms with van der Waals surface area (Å²) in [6.07, 6.45) is 4.87. The van der Waals surface area contributed by atoms with Gasteiger partial charge in [-0.05, 0) is 24.5 Å². The molecule has 9 heteroatoms. The SMILES string of the molecule is O=C(CCCc1c[nH]c2ccccc12)Nc1ccn(Cc2c(F)c(F)cc(F)c2F)n1. The van der Waals surface area contributed by atoms with Crippen molar-refractivity contribution in [3.8, 4) is 0 Å². The number of nitrogens with zero attached hydrogens (tertiary/aromatic N) is 2. The fourth-order valence-electron chi connectivity index (χ4n) is 3.42. The van der Waals surface area contributed by atoms with Crippen molar-refractivity contribution in [3.05, 3.63) is 83.2 Å². The van der Waals surface area contributed by atoms with Crippen LogP contribution < -0.4 is 5.32 Å². The molecule has 0 bridgehead atoms. The maximum absolute atomic E-state index is 13.8. The van der Waals surface area contributed by atoms with Gasteiger partial charge in [-0.3, -0.25) is 9.48 Å². The normalized spacial score (nSPS) is 11.2. The number of para-hydroxylation sites is 1. The monoisotopic (exact) mass is 430 g/mol. The molecule has 2 aromatic carbocycles. The number of anilines is 1. The lowest BCUT2D eigenvalue weighted by Gasteiger charge is -2.07. The van der Waals surface area contributed by atoms with Crippen LogP contribution in [0.3, 0.4) is 0 Å². The predicted molar refractivity (Wildman–Crippen MR) is 107 cm³/mol. The number of H-pyrrole nitrogens is 1. The largest absolute Gasteiger partial charge is 0.361 e. The van der Waals surface area contributed by atoms with Gasteiger partial charge in [0.25, 0.3) is 0 Å². The summed E-state index contributed by atoms with van der Waals surface area (Å²) in [5, 5.41) is 7.71. The molecule has 0 radical (unpaired) electrons. The van der Waals surface area contributed by atoms with Crippen molar-refractivity contribution in [2.75, 3.05) is 5.32 Å². The molecule has 160 valence electrons. The zero-order chi connectivity index (χ0) is 22.0. The summed E-state index contributed by atoms with van der Waals surface area (Å²) in [5.74, 6) is -6.00. The molecule has 0 fully saturated rings. The molecule has 0 atom stereocenters. The molecule has 2 N–H and O–H groups in total. The Kier molecular flexibility index (Phi) is 5.75. The average molecular weight is 430 g/mol. The highest BCUT2D eigenvalue weighted by Gasteiger charge is 2.19. The highest BCUT2D eigenvalue weighted by Crippen LogP contribution is 2.21. The number of benzene rings is 2. The minimum Gasteiger partial charge on any atom is -0.361 e. The van der Waals surface area contributed by atoms with Gasteiger partial charge in [0.2, 0.25) is 5.91 Å². The number of hydrogen-bond acceptors (Lipinski definition) is 2. The first-order chi connectivity index (χ1) is 14.9. The smallest absolute Gasteiger partial charge is 0.225 e. The highest BCUT2D eigenvalue weighted by atomic mass is 19.2. The lowest BCUT2D eigenvalue weighted by Crippen LogP contribution is -2.13. The van der Waals surface area contributed by atoms with Gasteiger partial charge in [0.05, 0.1) is 12.1 Å². The average Bonchev–Trinajstić information content (AvgIpc) is 3.37. The van der Waals surface area contributed by atoms with Gasteiger partial charge in [-0.15, -0.1) is 0 Å². The first kappa shape index (κ1) is 20.6. The number of halogens is 4. The predicted octanol–water partition coefficient (Wildman–Crippen LogP) is 4.93. The van der Waals surface area contributed by atoms with Crippen molar-refractivity contribution in [2.45, 2.75) is 25.8 Å². The van der Waals surface area contributed by atoms with Gasteiger partial charge in [0.1, 0.15) is 0 Å². The molecule has 4 aromatic rings. The lowest BCUT2D eigenvalue weighted by atomic mass is 10.1. The van der Waals surface area contributed by atoms with E-state index in [-0.39, 0.29) is 24.2 Å². The number of rotatable bonds is 7. The maximum atomic E-state index is 13.8. The molecule has 31 heavy (non-hydrogen) atoms. The number of hydrogen-bond donors (Lipinski definition) is 2. The van der Waals surface area contributed by atoms with E-state index in [0.29, 0.717) is 6.42 Å². The second kappa shape index (κ2) is 8.63. The Balaban J connectivity index is 1.33. The Morgan fingerprint density at radius 2 is 1.81 bits per heavy atom. The van der Waals surface area contributed by atoms with Crippen LogP contribution in [0.2, 0.25) is 0 Å². The van der Waals surface area contributed by atoms with Crippen LogP contribution in [-0.2, 0) is 17.8 Å². The zero-order valence-electron chi connectivity index (χ0n) is 16.3. The van der Waals surface area contributed by atoms with E-state index in [1.165, 1.54) is 12.3 Å². The van der Waals surface area contributed by atoms with E-state index >= 15 is 0 Å². The van der Waals surface area contributed by atoms with Crippen LogP contribution in [0.1, 0.15) is 24.0 Å². The third-order valence-electron chi connectivity index (χ3n) is 4.96. The summed E-state index contributed by atoms with van der Waals surface area (Å²) in [6, 6.07) is 9.49. The summed E-state index contributed by atoms with van der Waals surface area (Å²) in [7, 11) is 0. The first-order valence-electron chi connectivity index (χ1n) is 9.62. The molecule has 0 aliphatic carbocycles. The van der Waals surface area contributed by atoms with Crippen molar-refractivity contribution < 1.29 is 22.4 Å². The molecule has 0 aliphatic rings. The van der Waals surface area contributed by atoms with E-state index in [1.807, 2.05) is 30.5 Å². The van der Waals surface area contributed by atoms with Crippen LogP contribution in [0, 0.1) is 23.3 Å². The van der Waals surface area contributed by atoms with Crippen LogP contribution >= 0.6 is 0 Å². The molecule has 4 rings (SSSR count). The molecule has 2 aromatic heterocycles. The first-order valence-corrected chi connectivity index (χ1v) is 9.62. The van der Waals surface area contributed by atoms with Crippen molar-refractivity contribution in [3.63, 3.8) is 0 Å². The fourth-order valence-corrected chi connectivity index (χ4v) is 3.42. The molecule has 0 spiro atoms. The summed E-state index contributed by atoms with van der Waals surface area (Å²) >= 11 is 0. The number of carbonyl (C=O) groups is 1. The molecular formula is C22H18F4N4O. The van der Waals surface area contributed by atoms with E-state index in [2.05, 4.69) is 15.4 Å². The van der Waals surface area contributed by atoms with Crippen LogP contribution in [-0.4, -0.2) is 20.7 Å². The van der Waals surface area contributed by atoms with E-state index in [9.17, 15) is 22.4 Å². The van der Waals surface area contributed by atoms with E-state index < -0.39 is 35.4 Å². The quantitative estimate of drug-likeness (QED) is 0.323. The molecule has 2 heterocycles. The standard InChI is InChI=1S/C22H18F4N4O/c23-16-10-17(24)22(26)15(21(16)25)12-30-9-8-19(29-30)28-20(31)7-3-4-13-11-27-18-6-2-1-5-14(13)18/h1-2,5-6,8-11,27H,3-4,7,12H2,(H,28,29,31). The number of aryl methyl sites for hydroxylation is 1. The second-order valence-electron chi connectivity index (χ2n) is 7.11. The Hall–Kier alpha value is -3.62. The zero-order valence-corrected chi connectivity index (χ0v) is 16.3. The summed E-state index contributed by atoms with van der Waals surface area (Å²) in [5.41, 5.74) is 1.38. The molecule has 0 aliphatic heterocycles. The van der Waals surface area contributed by atoms with Gasteiger partial charge >= 0.3 is 0 Å². The van der Waals surface area contributed by atoms with Crippen molar-refractivity contribution in [1.82, 2.24) is 14.8 Å². The number of carbonyl (C=O) groups excluding carboxylic acids is 1. The van der Waals surface area contributed by atoms with E-state index in [1.54, 1.807) is 0 Å². The minimum absolute atomic E-state index is 0.152. The van der Waals surface area contributed by atoms with Crippen LogP contribution in [0.5, 0.6) is 0 Å². The number of nitrogens with one attached hydrogen (secondary N) is 2. The van der Waals surface area contributed by atoms with E-state index in [4.69, 9.17) is 0 Å². The van der Waals surface area contributed by atoms with Gasteiger partial charge in [0, 0.05) is 41.9 Å². The summed E-state index contributed by atoms with van der Waals surface area (Å²) < 4.78 is 55.4. The van der Waals surface area contributed by atoms with Gasteiger partial charge in [0.15, 0.2) is 29.1 Å². The van der Waals surface area contributed by atoms with Gasteiger partial charge in [-0.25, -0.2) is 17.6 Å². The van der Waals surface area contributed by atoms with Crippen molar-refractivity contribution in [2.24, 2.45) is 0 Å².